The highest BCUT2D eigenvalue weighted by atomic mass is 35.5. The van der Waals surface area contributed by atoms with Gasteiger partial charge in [0.05, 0.1) is 24.3 Å². The number of hydrogen-bond donors (Lipinski definition) is 1. The zero-order valence-corrected chi connectivity index (χ0v) is 26.9. The van der Waals surface area contributed by atoms with Crippen LogP contribution in [0.15, 0.2) is 78.9 Å². The summed E-state index contributed by atoms with van der Waals surface area (Å²) in [5.41, 5.74) is 2.85. The first-order valence-corrected chi connectivity index (χ1v) is 16.1. The summed E-state index contributed by atoms with van der Waals surface area (Å²) in [6, 6.07) is 23.2. The molecule has 5 rings (SSSR count). The number of ether oxygens (including phenoxy) is 1. The van der Waals surface area contributed by atoms with Crippen LogP contribution in [0.3, 0.4) is 0 Å². The third kappa shape index (κ3) is 8.46. The zero-order chi connectivity index (χ0) is 31.8. The van der Waals surface area contributed by atoms with Crippen LogP contribution in [0.5, 0.6) is 0 Å². The Labute approximate surface area is 274 Å². The van der Waals surface area contributed by atoms with Gasteiger partial charge in [0.25, 0.3) is 5.91 Å². The molecule has 1 N–H and O–H groups in total. The van der Waals surface area contributed by atoms with E-state index >= 15 is 0 Å². The van der Waals surface area contributed by atoms with E-state index in [2.05, 4.69) is 39.4 Å². The summed E-state index contributed by atoms with van der Waals surface area (Å²) in [7, 11) is 0. The van der Waals surface area contributed by atoms with Gasteiger partial charge in [-0.15, -0.1) is 0 Å². The smallest absolute Gasteiger partial charge is 0.338 e. The van der Waals surface area contributed by atoms with Crippen molar-refractivity contribution in [1.29, 1.82) is 0 Å². The Balaban J connectivity index is 1.23. The van der Waals surface area contributed by atoms with Crippen molar-refractivity contribution in [3.05, 3.63) is 95.0 Å². The standard InChI is InChI=1S/C34H38ClN5O4S/c1-2-44-33(43)26-9-15-29(16-10-26)40-32(42)30(23-31(41)36-28-13-11-27(35)12-14-28)39(34(40)45)18-6-17-37-19-21-38(22-20-37)24-25-7-4-3-5-8-25/h3-5,7-16,30H,2,6,17-24H2,1H3,(H,36,41)/t30-/m0/s1. The second-order valence-electron chi connectivity index (χ2n) is 11.1. The molecule has 45 heavy (non-hydrogen) atoms. The van der Waals surface area contributed by atoms with E-state index in [4.69, 9.17) is 28.6 Å². The second kappa shape index (κ2) is 15.4. The summed E-state index contributed by atoms with van der Waals surface area (Å²) in [6.45, 7) is 8.32. The Morgan fingerprint density at radius 2 is 1.58 bits per heavy atom. The highest BCUT2D eigenvalue weighted by Gasteiger charge is 2.44. The van der Waals surface area contributed by atoms with Crippen LogP contribution in [0.1, 0.15) is 35.7 Å². The number of carbonyl (C=O) groups excluding carboxylic acids is 3. The molecule has 2 aliphatic heterocycles. The van der Waals surface area contributed by atoms with Gasteiger partial charge in [-0.05, 0) is 86.2 Å². The average Bonchev–Trinajstić information content (AvgIpc) is 3.27. The maximum absolute atomic E-state index is 13.8. The number of thiocarbonyl (C=S) groups is 1. The molecule has 3 aromatic rings. The van der Waals surface area contributed by atoms with Crippen molar-refractivity contribution in [3.8, 4) is 0 Å². The normalized spacial score (nSPS) is 17.5. The highest BCUT2D eigenvalue weighted by Crippen LogP contribution is 2.28. The average molecular weight is 648 g/mol. The molecular weight excluding hydrogens is 610 g/mol. The first-order valence-electron chi connectivity index (χ1n) is 15.3. The summed E-state index contributed by atoms with van der Waals surface area (Å²) in [5.74, 6) is -0.999. The van der Waals surface area contributed by atoms with Crippen molar-refractivity contribution in [2.24, 2.45) is 0 Å². The van der Waals surface area contributed by atoms with E-state index in [9.17, 15) is 14.4 Å². The van der Waals surface area contributed by atoms with Crippen LogP contribution in [0.25, 0.3) is 0 Å². The lowest BCUT2D eigenvalue weighted by atomic mass is 10.1. The molecule has 9 nitrogen and oxygen atoms in total. The van der Waals surface area contributed by atoms with Crippen molar-refractivity contribution in [2.75, 3.05) is 56.1 Å². The lowest BCUT2D eigenvalue weighted by molar-refractivity contribution is -0.124. The third-order valence-corrected chi connectivity index (χ3v) is 8.72. The van der Waals surface area contributed by atoms with Crippen LogP contribution in [-0.2, 0) is 20.9 Å². The molecular formula is C34H38ClN5O4S. The van der Waals surface area contributed by atoms with Crippen LogP contribution in [0.4, 0.5) is 11.4 Å². The number of amides is 2. The Kier molecular flexibility index (Phi) is 11.2. The van der Waals surface area contributed by atoms with Crippen LogP contribution in [0, 0.1) is 0 Å². The number of halogens is 1. The maximum Gasteiger partial charge on any atom is 0.338 e. The highest BCUT2D eigenvalue weighted by molar-refractivity contribution is 7.80. The van der Waals surface area contributed by atoms with Crippen molar-refractivity contribution in [1.82, 2.24) is 14.7 Å². The molecule has 0 spiro atoms. The van der Waals surface area contributed by atoms with Crippen molar-refractivity contribution in [3.63, 3.8) is 0 Å². The Morgan fingerprint density at radius 3 is 2.24 bits per heavy atom. The number of nitrogens with one attached hydrogen (secondary N) is 1. The number of piperazine rings is 1. The fourth-order valence-corrected chi connectivity index (χ4v) is 6.22. The molecule has 236 valence electrons. The zero-order valence-electron chi connectivity index (χ0n) is 25.4. The number of hydrogen-bond acceptors (Lipinski definition) is 7. The van der Waals surface area contributed by atoms with Gasteiger partial charge in [-0.2, -0.15) is 0 Å². The summed E-state index contributed by atoms with van der Waals surface area (Å²) >= 11 is 11.8. The van der Waals surface area contributed by atoms with E-state index in [1.807, 2.05) is 11.0 Å². The van der Waals surface area contributed by atoms with Crippen molar-refractivity contribution < 1.29 is 19.1 Å². The Hall–Kier alpha value is -3.83. The molecule has 0 aliphatic carbocycles. The summed E-state index contributed by atoms with van der Waals surface area (Å²) in [5, 5.41) is 3.78. The van der Waals surface area contributed by atoms with Gasteiger partial charge in [-0.3, -0.25) is 19.4 Å². The van der Waals surface area contributed by atoms with Crippen LogP contribution >= 0.6 is 23.8 Å². The molecule has 2 heterocycles. The second-order valence-corrected chi connectivity index (χ2v) is 12.0. The molecule has 2 fully saturated rings. The largest absolute Gasteiger partial charge is 0.462 e. The fourth-order valence-electron chi connectivity index (χ4n) is 5.68. The van der Waals surface area contributed by atoms with Gasteiger partial charge in [0.15, 0.2) is 5.11 Å². The minimum Gasteiger partial charge on any atom is -0.462 e. The van der Waals surface area contributed by atoms with Crippen LogP contribution in [0.2, 0.25) is 5.02 Å². The maximum atomic E-state index is 13.8. The molecule has 2 amide bonds. The van der Waals surface area contributed by atoms with Crippen molar-refractivity contribution >= 4 is 58.1 Å². The van der Waals surface area contributed by atoms with E-state index in [1.165, 1.54) is 10.5 Å². The van der Waals surface area contributed by atoms with E-state index in [0.717, 1.165) is 45.7 Å². The topological polar surface area (TPSA) is 85.4 Å². The van der Waals surface area contributed by atoms with Gasteiger partial charge in [-0.25, -0.2) is 4.79 Å². The number of benzene rings is 3. The van der Waals surface area contributed by atoms with Gasteiger partial charge in [0.2, 0.25) is 5.91 Å². The SMILES string of the molecule is CCOC(=O)c1ccc(N2C(=O)[C@H](CC(=O)Nc3ccc(Cl)cc3)N(CCCN3CCN(Cc4ccccc4)CC3)C2=S)cc1. The van der Waals surface area contributed by atoms with E-state index in [0.29, 0.717) is 33.6 Å². The lowest BCUT2D eigenvalue weighted by Crippen LogP contribution is -2.47. The summed E-state index contributed by atoms with van der Waals surface area (Å²) < 4.78 is 5.08. The van der Waals surface area contributed by atoms with Crippen LogP contribution in [-0.4, -0.2) is 89.5 Å². The molecule has 2 saturated heterocycles. The van der Waals surface area contributed by atoms with Gasteiger partial charge >= 0.3 is 5.97 Å². The lowest BCUT2D eigenvalue weighted by Gasteiger charge is -2.35. The summed E-state index contributed by atoms with van der Waals surface area (Å²) in [4.78, 5) is 47.3. The quantitative estimate of drug-likeness (QED) is 0.216. The van der Waals surface area contributed by atoms with Gasteiger partial charge in [0, 0.05) is 50.0 Å². The number of carbonyl (C=O) groups is 3. The predicted octanol–water partition coefficient (Wildman–Crippen LogP) is 5.06. The Morgan fingerprint density at radius 1 is 0.911 bits per heavy atom. The first-order chi connectivity index (χ1) is 21.8. The fraction of sp³-hybridized carbons (Fsp3) is 0.353. The molecule has 0 unspecified atom stereocenters. The van der Waals surface area contributed by atoms with Gasteiger partial charge < -0.3 is 19.9 Å². The number of rotatable bonds is 12. The molecule has 1 atom stereocenters. The first kappa shape index (κ1) is 32.6. The minimum atomic E-state index is -0.753. The van der Waals surface area contributed by atoms with E-state index in [1.54, 1.807) is 55.5 Å². The van der Waals surface area contributed by atoms with Gasteiger partial charge in [0.1, 0.15) is 6.04 Å². The number of nitrogens with zero attached hydrogens (tertiary/aromatic N) is 4. The summed E-state index contributed by atoms with van der Waals surface area (Å²) in [6.07, 6.45) is 0.730. The predicted molar refractivity (Wildman–Crippen MR) is 180 cm³/mol. The molecule has 11 heteroatoms. The molecule has 0 aromatic heterocycles. The number of anilines is 2. The van der Waals surface area contributed by atoms with Gasteiger partial charge in [-0.1, -0.05) is 41.9 Å². The molecule has 0 saturated carbocycles. The molecule has 0 bridgehead atoms. The monoisotopic (exact) mass is 647 g/mol. The number of esters is 1. The molecule has 2 aliphatic rings. The van der Waals surface area contributed by atoms with Crippen LogP contribution < -0.4 is 10.2 Å². The van der Waals surface area contributed by atoms with E-state index in [-0.39, 0.29) is 24.8 Å². The molecule has 3 aromatic carbocycles. The van der Waals surface area contributed by atoms with E-state index < -0.39 is 12.0 Å². The molecule has 0 radical (unpaired) electrons. The Bertz CT molecular complexity index is 1480. The third-order valence-electron chi connectivity index (χ3n) is 8.05. The minimum absolute atomic E-state index is 0.0584. The van der Waals surface area contributed by atoms with Crippen molar-refractivity contribution in [2.45, 2.75) is 32.4 Å².